The molecule has 6 heteroatoms. The Bertz CT molecular complexity index is 574. The van der Waals surface area contributed by atoms with E-state index in [1.807, 2.05) is 0 Å². The quantitative estimate of drug-likeness (QED) is 0.559. The Kier molecular flexibility index (Phi) is 2.01. The van der Waals surface area contributed by atoms with Crippen molar-refractivity contribution in [3.05, 3.63) is 32.0 Å². The second-order valence-electron chi connectivity index (χ2n) is 2.46. The van der Waals surface area contributed by atoms with Crippen LogP contribution in [-0.4, -0.2) is 15.0 Å². The van der Waals surface area contributed by atoms with E-state index in [2.05, 4.69) is 30.9 Å². The van der Waals surface area contributed by atoms with Crippen LogP contribution in [0.4, 0.5) is 0 Å². The number of pyridine rings is 1. The van der Waals surface area contributed by atoms with Crippen LogP contribution in [0.1, 0.15) is 0 Å². The minimum absolute atomic E-state index is 0.207. The maximum Gasteiger partial charge on any atom is 0.259 e. The van der Waals surface area contributed by atoms with Gasteiger partial charge >= 0.3 is 0 Å². The van der Waals surface area contributed by atoms with Crippen molar-refractivity contribution in [2.45, 2.75) is 0 Å². The second kappa shape index (κ2) is 3.04. The van der Waals surface area contributed by atoms with Crippen molar-refractivity contribution in [3.8, 4) is 0 Å². The number of nitrogens with one attached hydrogen (secondary N) is 2. The maximum atomic E-state index is 11.4. The highest BCUT2D eigenvalue weighted by molar-refractivity contribution is 9.10. The van der Waals surface area contributed by atoms with Gasteiger partial charge in [0.2, 0.25) is 0 Å². The lowest BCUT2D eigenvalue weighted by molar-refractivity contribution is 1.12. The monoisotopic (exact) mass is 257 g/mol. The van der Waals surface area contributed by atoms with Crippen molar-refractivity contribution in [1.82, 2.24) is 15.0 Å². The maximum absolute atomic E-state index is 11.4. The van der Waals surface area contributed by atoms with E-state index in [0.717, 1.165) is 0 Å². The van der Waals surface area contributed by atoms with Crippen LogP contribution in [-0.2, 0) is 0 Å². The summed E-state index contributed by atoms with van der Waals surface area (Å²) in [5.74, 6) is 0. The van der Waals surface area contributed by atoms with E-state index in [-0.39, 0.29) is 5.56 Å². The zero-order chi connectivity index (χ0) is 9.42. The van der Waals surface area contributed by atoms with Crippen molar-refractivity contribution in [2.75, 3.05) is 0 Å². The van der Waals surface area contributed by atoms with E-state index in [0.29, 0.717) is 20.3 Å². The van der Waals surface area contributed by atoms with Crippen LogP contribution in [0.25, 0.3) is 10.9 Å². The molecule has 0 bridgehead atoms. The van der Waals surface area contributed by atoms with Crippen molar-refractivity contribution in [2.24, 2.45) is 0 Å². The Morgan fingerprint density at radius 1 is 1.46 bits per heavy atom. The number of fused-ring (bicyclic) bond motifs is 1. The Morgan fingerprint density at radius 2 is 2.23 bits per heavy atom. The summed E-state index contributed by atoms with van der Waals surface area (Å²) in [4.78, 5) is 20.7. The van der Waals surface area contributed by atoms with Gasteiger partial charge in [-0.15, -0.1) is 0 Å². The number of aromatic nitrogens is 3. The normalized spacial score (nSPS) is 10.5. The minimum atomic E-state index is -0.207. The first-order valence-corrected chi connectivity index (χ1v) is 4.65. The Labute approximate surface area is 86.2 Å². The van der Waals surface area contributed by atoms with Crippen LogP contribution in [0.3, 0.4) is 0 Å². The lowest BCUT2D eigenvalue weighted by atomic mass is 10.3. The largest absolute Gasteiger partial charge is 0.330 e. The molecule has 66 valence electrons. The number of H-pyrrole nitrogens is 2. The molecule has 0 unspecified atom stereocenters. The van der Waals surface area contributed by atoms with Gasteiger partial charge in [0.15, 0.2) is 4.77 Å². The van der Waals surface area contributed by atoms with E-state index >= 15 is 0 Å². The Hall–Kier alpha value is -1.01. The smallest absolute Gasteiger partial charge is 0.259 e. The highest BCUT2D eigenvalue weighted by Crippen LogP contribution is 2.10. The van der Waals surface area contributed by atoms with E-state index in [1.165, 1.54) is 0 Å². The summed E-state index contributed by atoms with van der Waals surface area (Å²) in [6.45, 7) is 0. The molecule has 2 heterocycles. The molecule has 0 atom stereocenters. The van der Waals surface area contributed by atoms with Crippen LogP contribution in [0.5, 0.6) is 0 Å². The molecular formula is C7H4BrN3OS. The zero-order valence-electron chi connectivity index (χ0n) is 6.30. The number of halogens is 1. The van der Waals surface area contributed by atoms with E-state index in [4.69, 9.17) is 12.2 Å². The minimum Gasteiger partial charge on any atom is -0.330 e. The van der Waals surface area contributed by atoms with E-state index < -0.39 is 0 Å². The molecule has 0 aliphatic heterocycles. The van der Waals surface area contributed by atoms with Crippen LogP contribution in [0, 0.1) is 4.77 Å². The molecule has 0 aliphatic rings. The third-order valence-electron chi connectivity index (χ3n) is 1.59. The number of hydrogen-bond acceptors (Lipinski definition) is 3. The predicted octanol–water partition coefficient (Wildman–Crippen LogP) is 1.74. The van der Waals surface area contributed by atoms with Crippen LogP contribution >= 0.6 is 28.1 Å². The summed E-state index contributed by atoms with van der Waals surface area (Å²) < 4.78 is 0.928. The van der Waals surface area contributed by atoms with Gasteiger partial charge in [0.1, 0.15) is 4.60 Å². The molecule has 13 heavy (non-hydrogen) atoms. The fraction of sp³-hybridized carbons (Fsp3) is 0. The van der Waals surface area contributed by atoms with Crippen molar-refractivity contribution in [3.63, 3.8) is 0 Å². The first-order valence-electron chi connectivity index (χ1n) is 3.45. The number of hydrogen-bond donors (Lipinski definition) is 2. The lowest BCUT2D eigenvalue weighted by Crippen LogP contribution is -2.07. The molecule has 0 amide bonds. The highest BCUT2D eigenvalue weighted by atomic mass is 79.9. The number of rotatable bonds is 0. The molecule has 2 N–H and O–H groups in total. The van der Waals surface area contributed by atoms with Crippen molar-refractivity contribution >= 4 is 39.1 Å². The predicted molar refractivity (Wildman–Crippen MR) is 55.2 cm³/mol. The molecule has 4 nitrogen and oxygen atoms in total. The third kappa shape index (κ3) is 1.54. The average molecular weight is 258 g/mol. The van der Waals surface area contributed by atoms with Gasteiger partial charge in [0.25, 0.3) is 5.56 Å². The molecule has 2 aromatic heterocycles. The van der Waals surface area contributed by atoms with Crippen LogP contribution in [0.15, 0.2) is 21.7 Å². The van der Waals surface area contributed by atoms with Gasteiger partial charge in [-0.3, -0.25) is 9.78 Å². The summed E-state index contributed by atoms with van der Waals surface area (Å²) in [6, 6.07) is 1.64. The molecule has 0 saturated heterocycles. The van der Waals surface area contributed by atoms with Crippen LogP contribution in [0.2, 0.25) is 0 Å². The zero-order valence-corrected chi connectivity index (χ0v) is 8.70. The summed E-state index contributed by atoms with van der Waals surface area (Å²) in [5, 5.41) is 0.537. The Morgan fingerprint density at radius 3 is 3.00 bits per heavy atom. The number of aromatic amines is 2. The Balaban J connectivity index is 3.04. The topological polar surface area (TPSA) is 61.5 Å². The third-order valence-corrected chi connectivity index (χ3v) is 2.23. The standard InChI is InChI=1S/C7H4BrN3OS/c8-5-1-3-4(2-9-5)10-7(13)11-6(3)12/h1-2H,(H2,10,11,12,13). The highest BCUT2D eigenvalue weighted by Gasteiger charge is 1.99. The van der Waals surface area contributed by atoms with E-state index in [9.17, 15) is 4.79 Å². The summed E-state index contributed by atoms with van der Waals surface area (Å²) in [7, 11) is 0. The second-order valence-corrected chi connectivity index (χ2v) is 3.68. The SMILES string of the molecule is O=c1[nH]c(=S)[nH]c2cnc(Br)cc12. The molecule has 0 spiro atoms. The van der Waals surface area contributed by atoms with Gasteiger partial charge in [-0.25, -0.2) is 4.98 Å². The van der Waals surface area contributed by atoms with Crippen molar-refractivity contribution in [1.29, 1.82) is 0 Å². The fourth-order valence-corrected chi connectivity index (χ4v) is 1.58. The van der Waals surface area contributed by atoms with Crippen LogP contribution < -0.4 is 5.56 Å². The van der Waals surface area contributed by atoms with Gasteiger partial charge in [-0.05, 0) is 34.2 Å². The fourth-order valence-electron chi connectivity index (χ4n) is 1.04. The van der Waals surface area contributed by atoms with Gasteiger partial charge in [0.05, 0.1) is 17.1 Å². The first kappa shape index (κ1) is 8.58. The molecule has 0 radical (unpaired) electrons. The van der Waals surface area contributed by atoms with Gasteiger partial charge in [0, 0.05) is 0 Å². The molecule has 0 saturated carbocycles. The molecule has 0 aromatic carbocycles. The molecule has 2 rings (SSSR count). The molecule has 0 fully saturated rings. The van der Waals surface area contributed by atoms with Gasteiger partial charge < -0.3 is 4.98 Å². The number of nitrogens with zero attached hydrogens (tertiary/aromatic N) is 1. The van der Waals surface area contributed by atoms with Gasteiger partial charge in [-0.2, -0.15) is 0 Å². The van der Waals surface area contributed by atoms with Gasteiger partial charge in [-0.1, -0.05) is 0 Å². The summed E-state index contributed by atoms with van der Waals surface area (Å²) >= 11 is 7.99. The summed E-state index contributed by atoms with van der Waals surface area (Å²) in [6.07, 6.45) is 1.56. The summed E-state index contributed by atoms with van der Waals surface area (Å²) in [5.41, 5.74) is 0.429. The molecule has 0 aliphatic carbocycles. The average Bonchev–Trinajstić information content (AvgIpc) is 2.06. The van der Waals surface area contributed by atoms with E-state index in [1.54, 1.807) is 12.3 Å². The molecule has 2 aromatic rings. The molecular weight excluding hydrogens is 254 g/mol. The first-order chi connectivity index (χ1) is 6.16. The van der Waals surface area contributed by atoms with Crippen molar-refractivity contribution < 1.29 is 0 Å². The lowest BCUT2D eigenvalue weighted by Gasteiger charge is -1.96.